The zero-order chi connectivity index (χ0) is 16.7. The van der Waals surface area contributed by atoms with E-state index in [1.54, 1.807) is 0 Å². The molecular weight excluding hydrogens is 284 g/mol. The van der Waals surface area contributed by atoms with Crippen LogP contribution < -0.4 is 0 Å². The molecule has 1 fully saturated rings. The van der Waals surface area contributed by atoms with Crippen molar-refractivity contribution in [1.82, 2.24) is 0 Å². The Morgan fingerprint density at radius 2 is 1.14 bits per heavy atom. The van der Waals surface area contributed by atoms with Crippen LogP contribution in [0.3, 0.4) is 0 Å². The molecule has 21 heavy (non-hydrogen) atoms. The molecule has 0 atom stereocenters. The molecule has 0 unspecified atom stereocenters. The number of aliphatic hydroxyl groups is 6. The van der Waals surface area contributed by atoms with Crippen molar-refractivity contribution in [1.29, 1.82) is 0 Å². The van der Waals surface area contributed by atoms with E-state index in [0.29, 0.717) is 0 Å². The number of rotatable bonds is 5. The standard InChI is InChI=1S/C7H12O2.2C3H8O3/c8-7(9)6-4-2-1-3-5-6;2*4-1-3(6)2-5/h6H,1-5H2,(H,8,9);2*3-6H,1-2H2. The van der Waals surface area contributed by atoms with Crippen LogP contribution in [0, 0.1) is 5.92 Å². The van der Waals surface area contributed by atoms with Gasteiger partial charge in [-0.15, -0.1) is 0 Å². The topological polar surface area (TPSA) is 159 Å². The van der Waals surface area contributed by atoms with Crippen LogP contribution in [0.15, 0.2) is 0 Å². The quantitative estimate of drug-likeness (QED) is 0.317. The molecule has 8 heteroatoms. The lowest BCUT2D eigenvalue weighted by atomic mass is 9.90. The minimum absolute atomic E-state index is 0.0289. The molecule has 7 N–H and O–H groups in total. The van der Waals surface area contributed by atoms with Crippen LogP contribution in [0.1, 0.15) is 32.1 Å². The molecule has 0 amide bonds. The summed E-state index contributed by atoms with van der Waals surface area (Å²) in [6, 6.07) is 0. The summed E-state index contributed by atoms with van der Waals surface area (Å²) in [4.78, 5) is 10.4. The first-order chi connectivity index (χ1) is 9.92. The maximum atomic E-state index is 10.4. The SMILES string of the molecule is O=C(O)C1CCCCC1.OCC(O)CO.OCC(O)CO. The molecule has 1 aliphatic rings. The van der Waals surface area contributed by atoms with Gasteiger partial charge in [-0.1, -0.05) is 19.3 Å². The van der Waals surface area contributed by atoms with Crippen LogP contribution in [-0.4, -0.2) is 80.4 Å². The molecule has 0 aromatic carbocycles. The van der Waals surface area contributed by atoms with Gasteiger partial charge < -0.3 is 35.7 Å². The monoisotopic (exact) mass is 312 g/mol. The highest BCUT2D eigenvalue weighted by atomic mass is 16.4. The minimum Gasteiger partial charge on any atom is -0.481 e. The maximum absolute atomic E-state index is 10.4. The van der Waals surface area contributed by atoms with Gasteiger partial charge in [-0.25, -0.2) is 0 Å². The number of carboxylic acid groups (broad SMARTS) is 1. The van der Waals surface area contributed by atoms with Gasteiger partial charge in [0.05, 0.1) is 32.3 Å². The number of carbonyl (C=O) groups is 1. The van der Waals surface area contributed by atoms with Gasteiger partial charge in [-0.3, -0.25) is 4.79 Å². The Hall–Kier alpha value is -0.770. The van der Waals surface area contributed by atoms with Crippen molar-refractivity contribution < 1.29 is 40.5 Å². The van der Waals surface area contributed by atoms with E-state index in [1.165, 1.54) is 6.42 Å². The molecular formula is C13H28O8. The molecule has 0 saturated heterocycles. The van der Waals surface area contributed by atoms with Crippen LogP contribution in [0.2, 0.25) is 0 Å². The summed E-state index contributed by atoms with van der Waals surface area (Å²) in [5.74, 6) is -0.631. The third-order valence-corrected chi connectivity index (χ3v) is 2.80. The third-order valence-electron chi connectivity index (χ3n) is 2.80. The summed E-state index contributed by atoms with van der Waals surface area (Å²) in [6.07, 6.45) is 3.33. The molecule has 0 aliphatic heterocycles. The zero-order valence-corrected chi connectivity index (χ0v) is 12.1. The highest BCUT2D eigenvalue weighted by Crippen LogP contribution is 2.23. The molecule has 128 valence electrons. The fourth-order valence-corrected chi connectivity index (χ4v) is 1.47. The van der Waals surface area contributed by atoms with Crippen molar-refractivity contribution in [3.05, 3.63) is 0 Å². The second kappa shape index (κ2) is 15.6. The van der Waals surface area contributed by atoms with E-state index in [9.17, 15) is 4.79 Å². The van der Waals surface area contributed by atoms with E-state index in [2.05, 4.69) is 0 Å². The zero-order valence-electron chi connectivity index (χ0n) is 12.1. The Kier molecular flexibility index (Phi) is 16.7. The Bertz CT molecular complexity index is 212. The third kappa shape index (κ3) is 15.4. The van der Waals surface area contributed by atoms with Crippen molar-refractivity contribution >= 4 is 5.97 Å². The summed E-state index contributed by atoms with van der Waals surface area (Å²) in [7, 11) is 0. The van der Waals surface area contributed by atoms with Gasteiger partial charge in [0.25, 0.3) is 0 Å². The van der Waals surface area contributed by atoms with Crippen molar-refractivity contribution in [2.75, 3.05) is 26.4 Å². The highest BCUT2D eigenvalue weighted by Gasteiger charge is 2.19. The predicted octanol–water partition coefficient (Wildman–Crippen LogP) is -1.68. The number of aliphatic hydroxyl groups excluding tert-OH is 6. The second-order valence-corrected chi connectivity index (χ2v) is 4.71. The summed E-state index contributed by atoms with van der Waals surface area (Å²) in [5.41, 5.74) is 0. The van der Waals surface area contributed by atoms with Gasteiger partial charge in [-0.05, 0) is 12.8 Å². The van der Waals surface area contributed by atoms with Gasteiger partial charge >= 0.3 is 5.97 Å². The Labute approximate surface area is 124 Å². The van der Waals surface area contributed by atoms with Crippen molar-refractivity contribution in [3.63, 3.8) is 0 Å². The Morgan fingerprint density at radius 3 is 1.29 bits per heavy atom. The average Bonchev–Trinajstić information content (AvgIpc) is 2.55. The summed E-state index contributed by atoms with van der Waals surface area (Å²) in [6.45, 7) is -1.46. The first-order valence-corrected chi connectivity index (χ1v) is 6.95. The number of hydrogen-bond donors (Lipinski definition) is 7. The molecule has 0 bridgehead atoms. The summed E-state index contributed by atoms with van der Waals surface area (Å²) >= 11 is 0. The fourth-order valence-electron chi connectivity index (χ4n) is 1.47. The molecule has 0 radical (unpaired) electrons. The lowest BCUT2D eigenvalue weighted by molar-refractivity contribution is -0.142. The van der Waals surface area contributed by atoms with E-state index in [4.69, 9.17) is 35.7 Å². The minimum atomic E-state index is -0.954. The molecule has 1 aliphatic carbocycles. The van der Waals surface area contributed by atoms with Crippen molar-refractivity contribution in [3.8, 4) is 0 Å². The lowest BCUT2D eigenvalue weighted by Gasteiger charge is -2.16. The van der Waals surface area contributed by atoms with Crippen LogP contribution >= 0.6 is 0 Å². The first-order valence-electron chi connectivity index (χ1n) is 6.95. The number of carboxylic acids is 1. The lowest BCUT2D eigenvalue weighted by Crippen LogP contribution is -2.16. The first kappa shape index (κ1) is 22.5. The van der Waals surface area contributed by atoms with Gasteiger partial charge in [0.2, 0.25) is 0 Å². The smallest absolute Gasteiger partial charge is 0.306 e. The van der Waals surface area contributed by atoms with E-state index in [0.717, 1.165) is 25.7 Å². The van der Waals surface area contributed by atoms with Crippen molar-refractivity contribution in [2.24, 2.45) is 5.92 Å². The number of aliphatic carboxylic acids is 1. The van der Waals surface area contributed by atoms with Gasteiger partial charge in [-0.2, -0.15) is 0 Å². The molecule has 0 aromatic heterocycles. The Morgan fingerprint density at radius 1 is 0.810 bits per heavy atom. The van der Waals surface area contributed by atoms with E-state index >= 15 is 0 Å². The number of hydrogen-bond acceptors (Lipinski definition) is 7. The summed E-state index contributed by atoms with van der Waals surface area (Å²) < 4.78 is 0. The van der Waals surface area contributed by atoms with Crippen molar-refractivity contribution in [2.45, 2.75) is 44.3 Å². The molecule has 0 heterocycles. The van der Waals surface area contributed by atoms with E-state index < -0.39 is 18.2 Å². The average molecular weight is 312 g/mol. The molecule has 1 saturated carbocycles. The van der Waals surface area contributed by atoms with E-state index in [-0.39, 0.29) is 32.3 Å². The van der Waals surface area contributed by atoms with Crippen LogP contribution in [0.4, 0.5) is 0 Å². The summed E-state index contributed by atoms with van der Waals surface area (Å²) in [5, 5.41) is 56.6. The second-order valence-electron chi connectivity index (χ2n) is 4.71. The molecule has 0 spiro atoms. The van der Waals surface area contributed by atoms with Crippen LogP contribution in [0.25, 0.3) is 0 Å². The van der Waals surface area contributed by atoms with Gasteiger partial charge in [0, 0.05) is 0 Å². The molecule has 0 aromatic rings. The Balaban J connectivity index is 0. The largest absolute Gasteiger partial charge is 0.481 e. The van der Waals surface area contributed by atoms with E-state index in [1.807, 2.05) is 0 Å². The molecule has 1 rings (SSSR count). The molecule has 8 nitrogen and oxygen atoms in total. The fraction of sp³-hybridized carbons (Fsp3) is 0.923. The maximum Gasteiger partial charge on any atom is 0.306 e. The predicted molar refractivity (Wildman–Crippen MR) is 74.6 cm³/mol. The normalized spacial score (nSPS) is 15.0. The highest BCUT2D eigenvalue weighted by molar-refractivity contribution is 5.69. The van der Waals surface area contributed by atoms with Gasteiger partial charge in [0.1, 0.15) is 12.2 Å². The van der Waals surface area contributed by atoms with Gasteiger partial charge in [0.15, 0.2) is 0 Å². The van der Waals surface area contributed by atoms with Crippen LogP contribution in [0.5, 0.6) is 0 Å². The van der Waals surface area contributed by atoms with Crippen LogP contribution in [-0.2, 0) is 4.79 Å².